The van der Waals surface area contributed by atoms with E-state index in [4.69, 9.17) is 15.2 Å². The zero-order valence-electron chi connectivity index (χ0n) is 15.7. The topological polar surface area (TPSA) is 78.6 Å². The molecule has 0 saturated carbocycles. The van der Waals surface area contributed by atoms with E-state index in [2.05, 4.69) is 27.7 Å². The molecule has 0 aliphatic rings. The van der Waals surface area contributed by atoms with Gasteiger partial charge in [-0.2, -0.15) is 0 Å². The fraction of sp³-hybridized carbons (Fsp3) is 0.579. The van der Waals surface area contributed by atoms with E-state index in [0.29, 0.717) is 12.2 Å². The summed E-state index contributed by atoms with van der Waals surface area (Å²) in [4.78, 5) is 23.4. The molecule has 0 fully saturated rings. The lowest BCUT2D eigenvalue weighted by atomic mass is 9.94. The van der Waals surface area contributed by atoms with Crippen molar-refractivity contribution in [2.24, 2.45) is 5.73 Å². The third-order valence-corrected chi connectivity index (χ3v) is 3.68. The van der Waals surface area contributed by atoms with Crippen LogP contribution in [0.3, 0.4) is 0 Å². The van der Waals surface area contributed by atoms with Crippen molar-refractivity contribution in [2.75, 3.05) is 6.61 Å². The van der Waals surface area contributed by atoms with Crippen LogP contribution in [0.25, 0.3) is 0 Å². The first-order valence-corrected chi connectivity index (χ1v) is 8.49. The molecule has 0 aliphatic carbocycles. The molecule has 0 saturated heterocycles. The number of para-hydroxylation sites is 1. The van der Waals surface area contributed by atoms with Crippen LogP contribution in [-0.2, 0) is 14.3 Å². The van der Waals surface area contributed by atoms with Gasteiger partial charge in [-0.15, -0.1) is 12.4 Å². The zero-order chi connectivity index (χ0) is 18.3. The number of rotatable bonds is 8. The Labute approximate surface area is 156 Å². The van der Waals surface area contributed by atoms with E-state index in [0.717, 1.165) is 11.1 Å². The van der Waals surface area contributed by atoms with E-state index in [1.807, 2.05) is 18.2 Å². The third kappa shape index (κ3) is 7.45. The molecular formula is C19H30ClNO4. The van der Waals surface area contributed by atoms with Crippen LogP contribution >= 0.6 is 12.4 Å². The number of hydrogen-bond donors (Lipinski definition) is 1. The smallest absolute Gasteiger partial charge is 0.322 e. The maximum absolute atomic E-state index is 12.2. The first-order valence-electron chi connectivity index (χ1n) is 8.49. The predicted molar refractivity (Wildman–Crippen MR) is 101 cm³/mol. The van der Waals surface area contributed by atoms with Crippen LogP contribution in [0.5, 0.6) is 5.75 Å². The Morgan fingerprint density at radius 1 is 1.04 bits per heavy atom. The molecule has 0 aromatic heterocycles. The summed E-state index contributed by atoms with van der Waals surface area (Å²) in [6.45, 7) is 10.0. The quantitative estimate of drug-likeness (QED) is 0.425. The highest BCUT2D eigenvalue weighted by Crippen LogP contribution is 2.34. The van der Waals surface area contributed by atoms with E-state index in [1.165, 1.54) is 0 Å². The second-order valence-corrected chi connectivity index (χ2v) is 6.61. The molecule has 0 spiro atoms. The number of esters is 2. The fourth-order valence-electron chi connectivity index (χ4n) is 2.29. The standard InChI is InChI=1S/C19H29NO4.ClH/c1-12(2)15-8-6-9-16(13(3)4)18(15)24-17(21)10-7-11-23-19(22)14(5)20;/h6,8-9,12-14H,7,10-11,20H2,1-5H3;1H. The fourth-order valence-corrected chi connectivity index (χ4v) is 2.29. The van der Waals surface area contributed by atoms with Gasteiger partial charge in [-0.25, -0.2) is 0 Å². The van der Waals surface area contributed by atoms with Gasteiger partial charge in [0.05, 0.1) is 6.61 Å². The Morgan fingerprint density at radius 2 is 1.56 bits per heavy atom. The minimum absolute atomic E-state index is 0. The van der Waals surface area contributed by atoms with Gasteiger partial charge in [0.1, 0.15) is 11.8 Å². The number of carbonyl (C=O) groups excluding carboxylic acids is 2. The normalized spacial score (nSPS) is 11.8. The van der Waals surface area contributed by atoms with Crippen molar-refractivity contribution >= 4 is 24.3 Å². The first-order chi connectivity index (χ1) is 11.2. The summed E-state index contributed by atoms with van der Waals surface area (Å²) in [5.74, 6) is 0.412. The van der Waals surface area contributed by atoms with Crippen LogP contribution in [-0.4, -0.2) is 24.6 Å². The number of benzene rings is 1. The summed E-state index contributed by atoms with van der Waals surface area (Å²) in [7, 11) is 0. The molecule has 0 bridgehead atoms. The summed E-state index contributed by atoms with van der Waals surface area (Å²) in [5.41, 5.74) is 7.46. The minimum atomic E-state index is -0.650. The lowest BCUT2D eigenvalue weighted by Gasteiger charge is -2.18. The maximum Gasteiger partial charge on any atom is 0.322 e. The SMILES string of the molecule is CC(N)C(=O)OCCCC(=O)Oc1c(C(C)C)cccc1C(C)C.Cl. The third-order valence-electron chi connectivity index (χ3n) is 3.68. The van der Waals surface area contributed by atoms with Crippen molar-refractivity contribution in [3.05, 3.63) is 29.3 Å². The molecular weight excluding hydrogens is 342 g/mol. The first kappa shape index (κ1) is 23.4. The summed E-state index contributed by atoms with van der Waals surface area (Å²) in [5, 5.41) is 0. The second-order valence-electron chi connectivity index (χ2n) is 6.61. The molecule has 25 heavy (non-hydrogen) atoms. The van der Waals surface area contributed by atoms with Crippen molar-refractivity contribution in [3.63, 3.8) is 0 Å². The van der Waals surface area contributed by atoms with Crippen molar-refractivity contribution < 1.29 is 19.1 Å². The molecule has 0 heterocycles. The Kier molecular flexibility index (Phi) is 10.4. The van der Waals surface area contributed by atoms with Gasteiger partial charge in [-0.1, -0.05) is 45.9 Å². The molecule has 1 unspecified atom stereocenters. The van der Waals surface area contributed by atoms with Crippen LogP contribution in [0, 0.1) is 0 Å². The van der Waals surface area contributed by atoms with Crippen LogP contribution in [0.1, 0.15) is 70.4 Å². The Bertz CT molecular complexity index is 544. The number of carbonyl (C=O) groups is 2. The van der Waals surface area contributed by atoms with E-state index in [-0.39, 0.29) is 43.2 Å². The molecule has 0 aliphatic heterocycles. The van der Waals surface area contributed by atoms with Crippen molar-refractivity contribution in [1.82, 2.24) is 0 Å². The lowest BCUT2D eigenvalue weighted by molar-refractivity contribution is -0.146. The van der Waals surface area contributed by atoms with Gasteiger partial charge in [0.25, 0.3) is 0 Å². The van der Waals surface area contributed by atoms with Crippen molar-refractivity contribution in [1.29, 1.82) is 0 Å². The summed E-state index contributed by atoms with van der Waals surface area (Å²) in [6.07, 6.45) is 0.606. The van der Waals surface area contributed by atoms with Crippen LogP contribution in [0.15, 0.2) is 18.2 Å². The van der Waals surface area contributed by atoms with E-state index in [9.17, 15) is 9.59 Å². The van der Waals surface area contributed by atoms with Gasteiger partial charge in [0, 0.05) is 6.42 Å². The van der Waals surface area contributed by atoms with Crippen LogP contribution < -0.4 is 10.5 Å². The maximum atomic E-state index is 12.2. The molecule has 142 valence electrons. The van der Waals surface area contributed by atoms with Gasteiger partial charge < -0.3 is 15.2 Å². The molecule has 5 nitrogen and oxygen atoms in total. The van der Waals surface area contributed by atoms with Gasteiger partial charge >= 0.3 is 11.9 Å². The average Bonchev–Trinajstić information content (AvgIpc) is 2.50. The number of nitrogens with two attached hydrogens (primary N) is 1. The molecule has 1 rings (SSSR count). The molecule has 1 aromatic rings. The van der Waals surface area contributed by atoms with E-state index in [1.54, 1.807) is 6.92 Å². The summed E-state index contributed by atoms with van der Waals surface area (Å²) in [6, 6.07) is 5.33. The van der Waals surface area contributed by atoms with E-state index >= 15 is 0 Å². The van der Waals surface area contributed by atoms with Gasteiger partial charge in [-0.3, -0.25) is 9.59 Å². The molecule has 2 N–H and O–H groups in total. The van der Waals surface area contributed by atoms with Gasteiger partial charge in [0.2, 0.25) is 0 Å². The Balaban J connectivity index is 0.00000576. The highest BCUT2D eigenvalue weighted by molar-refractivity contribution is 5.85. The Hall–Kier alpha value is -1.59. The molecule has 0 amide bonds. The van der Waals surface area contributed by atoms with Crippen molar-refractivity contribution in [2.45, 2.75) is 65.3 Å². The predicted octanol–water partition coefficient (Wildman–Crippen LogP) is 3.93. The summed E-state index contributed by atoms with van der Waals surface area (Å²) < 4.78 is 10.6. The molecule has 1 atom stereocenters. The minimum Gasteiger partial charge on any atom is -0.465 e. The van der Waals surface area contributed by atoms with Gasteiger partial charge in [0.15, 0.2) is 0 Å². The zero-order valence-corrected chi connectivity index (χ0v) is 16.5. The highest BCUT2D eigenvalue weighted by Gasteiger charge is 2.18. The number of ether oxygens (including phenoxy) is 2. The summed E-state index contributed by atoms with van der Waals surface area (Å²) >= 11 is 0. The Morgan fingerprint density at radius 3 is 2.00 bits per heavy atom. The van der Waals surface area contributed by atoms with Crippen molar-refractivity contribution in [3.8, 4) is 5.75 Å². The average molecular weight is 372 g/mol. The monoisotopic (exact) mass is 371 g/mol. The van der Waals surface area contributed by atoms with Crippen LogP contribution in [0.2, 0.25) is 0 Å². The molecule has 1 aromatic carbocycles. The number of halogens is 1. The molecule has 6 heteroatoms. The van der Waals surface area contributed by atoms with E-state index < -0.39 is 12.0 Å². The molecule has 0 radical (unpaired) electrons. The van der Waals surface area contributed by atoms with Gasteiger partial charge in [-0.05, 0) is 36.3 Å². The number of hydrogen-bond acceptors (Lipinski definition) is 5. The highest BCUT2D eigenvalue weighted by atomic mass is 35.5. The van der Waals surface area contributed by atoms with Crippen LogP contribution in [0.4, 0.5) is 0 Å². The second kappa shape index (κ2) is 11.1. The largest absolute Gasteiger partial charge is 0.465 e. The lowest BCUT2D eigenvalue weighted by Crippen LogP contribution is -2.29.